The number of para-hydroxylation sites is 1. The molecule has 2 aromatic rings. The van der Waals surface area contributed by atoms with Crippen LogP contribution in [0.4, 0.5) is 4.39 Å². The maximum Gasteiger partial charge on any atom is 0.253 e. The Morgan fingerprint density at radius 1 is 1.22 bits per heavy atom. The third-order valence-corrected chi connectivity index (χ3v) is 5.83. The van der Waals surface area contributed by atoms with Gasteiger partial charge in [-0.2, -0.15) is 0 Å². The van der Waals surface area contributed by atoms with Crippen LogP contribution in [0.1, 0.15) is 21.5 Å². The highest BCUT2D eigenvalue weighted by Crippen LogP contribution is 2.22. The van der Waals surface area contributed by atoms with Gasteiger partial charge in [-0.15, -0.1) is 0 Å². The third-order valence-electron chi connectivity index (χ3n) is 4.29. The lowest BCUT2D eigenvalue weighted by molar-refractivity contribution is 0.0772. The molecule has 2 rings (SSSR count). The normalized spacial score (nSPS) is 11.3. The maximum absolute atomic E-state index is 13.5. The second-order valence-corrected chi connectivity index (χ2v) is 7.98. The van der Waals surface area contributed by atoms with Crippen molar-refractivity contribution in [2.45, 2.75) is 18.7 Å². The van der Waals surface area contributed by atoms with Crippen LogP contribution in [-0.2, 0) is 10.0 Å². The molecule has 0 saturated carbocycles. The van der Waals surface area contributed by atoms with E-state index in [1.165, 1.54) is 30.1 Å². The van der Waals surface area contributed by atoms with Crippen LogP contribution in [0.2, 0.25) is 0 Å². The van der Waals surface area contributed by atoms with Gasteiger partial charge in [0.25, 0.3) is 5.91 Å². The summed E-state index contributed by atoms with van der Waals surface area (Å²) in [6.07, 6.45) is 0. The number of nitrogens with zero attached hydrogens (tertiary/aromatic N) is 1. The molecule has 0 aliphatic heterocycles. The Kier molecular flexibility index (Phi) is 6.56. The zero-order valence-electron chi connectivity index (χ0n) is 15.7. The van der Waals surface area contributed by atoms with E-state index < -0.39 is 15.8 Å². The molecule has 0 fully saturated rings. The summed E-state index contributed by atoms with van der Waals surface area (Å²) in [6.45, 7) is 3.77. The van der Waals surface area contributed by atoms with Crippen molar-refractivity contribution >= 4 is 15.9 Å². The van der Waals surface area contributed by atoms with Gasteiger partial charge in [0, 0.05) is 12.6 Å². The van der Waals surface area contributed by atoms with Crippen molar-refractivity contribution in [3.8, 4) is 5.75 Å². The average Bonchev–Trinajstić information content (AvgIpc) is 2.64. The summed E-state index contributed by atoms with van der Waals surface area (Å²) in [5.74, 6) is -0.697. The summed E-state index contributed by atoms with van der Waals surface area (Å²) in [7, 11) is -0.776. The fourth-order valence-corrected chi connectivity index (χ4v) is 3.58. The van der Waals surface area contributed by atoms with E-state index in [0.717, 1.165) is 0 Å². The molecule has 0 radical (unpaired) electrons. The van der Waals surface area contributed by atoms with Crippen LogP contribution in [0.15, 0.2) is 41.3 Å². The SMILES string of the molecule is CNS(=O)(=O)c1cc(C(=O)N(C)CCOc2ccccc2F)cc(C)c1C. The smallest absolute Gasteiger partial charge is 0.253 e. The number of rotatable bonds is 7. The zero-order valence-corrected chi connectivity index (χ0v) is 16.6. The van der Waals surface area contributed by atoms with Crippen LogP contribution in [-0.4, -0.2) is 46.5 Å². The van der Waals surface area contributed by atoms with E-state index in [1.807, 2.05) is 0 Å². The van der Waals surface area contributed by atoms with Gasteiger partial charge in [0.15, 0.2) is 11.6 Å². The third kappa shape index (κ3) is 4.84. The van der Waals surface area contributed by atoms with Gasteiger partial charge in [0.2, 0.25) is 10.0 Å². The van der Waals surface area contributed by atoms with E-state index >= 15 is 0 Å². The fraction of sp³-hybridized carbons (Fsp3) is 0.316. The van der Waals surface area contributed by atoms with Crippen LogP contribution in [0.3, 0.4) is 0 Å². The van der Waals surface area contributed by atoms with Crippen LogP contribution < -0.4 is 9.46 Å². The largest absolute Gasteiger partial charge is 0.489 e. The van der Waals surface area contributed by atoms with Crippen LogP contribution in [0.25, 0.3) is 0 Å². The second-order valence-electron chi connectivity index (χ2n) is 6.13. The van der Waals surface area contributed by atoms with Gasteiger partial charge in [-0.1, -0.05) is 12.1 Å². The molecule has 1 amide bonds. The summed E-state index contributed by atoms with van der Waals surface area (Å²) in [5.41, 5.74) is 1.55. The second kappa shape index (κ2) is 8.49. The zero-order chi connectivity index (χ0) is 20.2. The predicted octanol–water partition coefficient (Wildman–Crippen LogP) is 2.50. The van der Waals surface area contributed by atoms with Gasteiger partial charge >= 0.3 is 0 Å². The summed E-state index contributed by atoms with van der Waals surface area (Å²) in [4.78, 5) is 14.1. The quantitative estimate of drug-likeness (QED) is 0.783. The molecule has 0 saturated heterocycles. The van der Waals surface area contributed by atoms with Gasteiger partial charge in [-0.05, 0) is 56.3 Å². The molecule has 1 N–H and O–H groups in total. The Balaban J connectivity index is 2.13. The Bertz CT molecular complexity index is 945. The monoisotopic (exact) mass is 394 g/mol. The number of carbonyl (C=O) groups is 1. The Hall–Kier alpha value is -2.45. The van der Waals surface area contributed by atoms with Crippen molar-refractivity contribution in [3.05, 3.63) is 58.9 Å². The minimum Gasteiger partial charge on any atom is -0.489 e. The standard InChI is InChI=1S/C19H23FN2O4S/c1-13-11-15(12-18(14(13)2)27(24,25)21-3)19(23)22(4)9-10-26-17-8-6-5-7-16(17)20/h5-8,11-12,21H,9-10H2,1-4H3. The molecule has 0 atom stereocenters. The number of ether oxygens (including phenoxy) is 1. The van der Waals surface area contributed by atoms with Crippen molar-refractivity contribution in [2.24, 2.45) is 0 Å². The molecular weight excluding hydrogens is 371 g/mol. The molecule has 0 aliphatic carbocycles. The molecule has 0 unspecified atom stereocenters. The molecule has 0 spiro atoms. The summed E-state index contributed by atoms with van der Waals surface area (Å²) in [5, 5.41) is 0. The number of sulfonamides is 1. The van der Waals surface area contributed by atoms with Crippen LogP contribution in [0, 0.1) is 19.7 Å². The lowest BCUT2D eigenvalue weighted by atomic mass is 10.1. The molecule has 8 heteroatoms. The number of likely N-dealkylation sites (N-methyl/N-ethyl adjacent to an activating group) is 1. The highest BCUT2D eigenvalue weighted by molar-refractivity contribution is 7.89. The summed E-state index contributed by atoms with van der Waals surface area (Å²) < 4.78 is 45.5. The fourth-order valence-electron chi connectivity index (χ4n) is 2.52. The van der Waals surface area contributed by atoms with Crippen molar-refractivity contribution in [1.29, 1.82) is 0 Å². The van der Waals surface area contributed by atoms with Crippen molar-refractivity contribution < 1.29 is 22.3 Å². The number of hydrogen-bond donors (Lipinski definition) is 1. The highest BCUT2D eigenvalue weighted by Gasteiger charge is 2.21. The first kappa shape index (κ1) is 20.9. The molecule has 27 heavy (non-hydrogen) atoms. The molecule has 6 nitrogen and oxygen atoms in total. The molecule has 2 aromatic carbocycles. The average molecular weight is 394 g/mol. The summed E-state index contributed by atoms with van der Waals surface area (Å²) >= 11 is 0. The minimum atomic E-state index is -3.68. The topological polar surface area (TPSA) is 75.7 Å². The molecule has 0 aromatic heterocycles. The van der Waals surface area contributed by atoms with Crippen molar-refractivity contribution in [2.75, 3.05) is 27.2 Å². The first-order valence-corrected chi connectivity index (χ1v) is 9.83. The van der Waals surface area contributed by atoms with Crippen molar-refractivity contribution in [1.82, 2.24) is 9.62 Å². The number of benzene rings is 2. The lowest BCUT2D eigenvalue weighted by Crippen LogP contribution is -2.31. The van der Waals surface area contributed by atoms with E-state index in [2.05, 4.69) is 4.72 Å². The van der Waals surface area contributed by atoms with Gasteiger partial charge in [0.05, 0.1) is 11.4 Å². The maximum atomic E-state index is 13.5. The first-order chi connectivity index (χ1) is 12.7. The number of aryl methyl sites for hydroxylation is 1. The molecule has 0 bridgehead atoms. The van der Waals surface area contributed by atoms with E-state index in [0.29, 0.717) is 11.1 Å². The lowest BCUT2D eigenvalue weighted by Gasteiger charge is -2.19. The first-order valence-electron chi connectivity index (χ1n) is 8.35. The Labute approximate surface area is 159 Å². The number of hydrogen-bond acceptors (Lipinski definition) is 4. The van der Waals surface area contributed by atoms with E-state index in [4.69, 9.17) is 4.74 Å². The van der Waals surface area contributed by atoms with Gasteiger partial charge in [-0.3, -0.25) is 4.79 Å². The highest BCUT2D eigenvalue weighted by atomic mass is 32.2. The van der Waals surface area contributed by atoms with E-state index in [-0.39, 0.29) is 35.3 Å². The number of carbonyl (C=O) groups excluding carboxylic acids is 1. The molecular formula is C19H23FN2O4S. The molecule has 0 heterocycles. The number of amides is 1. The van der Waals surface area contributed by atoms with Gasteiger partial charge < -0.3 is 9.64 Å². The molecule has 146 valence electrons. The summed E-state index contributed by atoms with van der Waals surface area (Å²) in [6, 6.07) is 9.05. The van der Waals surface area contributed by atoms with Crippen molar-refractivity contribution in [3.63, 3.8) is 0 Å². The van der Waals surface area contributed by atoms with Gasteiger partial charge in [0.1, 0.15) is 6.61 Å². The number of halogens is 1. The van der Waals surface area contributed by atoms with Crippen LogP contribution in [0.5, 0.6) is 5.75 Å². The minimum absolute atomic E-state index is 0.0735. The molecule has 0 aliphatic rings. The van der Waals surface area contributed by atoms with E-state index in [9.17, 15) is 17.6 Å². The van der Waals surface area contributed by atoms with Gasteiger partial charge in [-0.25, -0.2) is 17.5 Å². The number of nitrogens with one attached hydrogen (secondary N) is 1. The Morgan fingerprint density at radius 3 is 2.52 bits per heavy atom. The van der Waals surface area contributed by atoms with Crippen LogP contribution >= 0.6 is 0 Å². The van der Waals surface area contributed by atoms with E-state index in [1.54, 1.807) is 39.1 Å². The predicted molar refractivity (Wildman–Crippen MR) is 101 cm³/mol. The Morgan fingerprint density at radius 2 is 1.89 bits per heavy atom.